The average Bonchev–Trinajstić information content (AvgIpc) is 3.24. The normalized spacial score (nSPS) is 16.5. The summed E-state index contributed by atoms with van der Waals surface area (Å²) in [6.45, 7) is 0.355. The fraction of sp³-hybridized carbons (Fsp3) is 0.283. The zero-order valence-corrected chi connectivity index (χ0v) is 32.6. The van der Waals surface area contributed by atoms with Gasteiger partial charge in [0.25, 0.3) is 0 Å². The van der Waals surface area contributed by atoms with Gasteiger partial charge >= 0.3 is 5.97 Å². The van der Waals surface area contributed by atoms with E-state index in [-0.39, 0.29) is 36.2 Å². The lowest BCUT2D eigenvalue weighted by Crippen LogP contribution is -2.31. The number of aromatic carboxylic acids is 1. The highest BCUT2D eigenvalue weighted by atomic mass is 32.2. The summed E-state index contributed by atoms with van der Waals surface area (Å²) >= 11 is 1.46. The number of nitrogens with two attached hydrogens (primary N) is 1. The Morgan fingerprint density at radius 1 is 0.737 bits per heavy atom. The number of nitrogens with one attached hydrogen (secondary N) is 2. The summed E-state index contributed by atoms with van der Waals surface area (Å²) in [6.07, 6.45) is 3.47. The maximum atomic E-state index is 12.8. The zero-order chi connectivity index (χ0) is 40.0. The summed E-state index contributed by atoms with van der Waals surface area (Å²) in [5.41, 5.74) is 13.0. The SMILES string of the molecule is Nc1ccccc1NC(=O)CCCCCCC(=O)NCc1ccccc1-c1ccc([C@H]2O[C@@H](CSc3ccccc3C(=O)O)C[C@@H](c3ccc(CO)cc3)O2)cc1. The molecular weight excluding hydrogens is 739 g/mol. The number of benzene rings is 5. The Labute approximate surface area is 337 Å². The minimum atomic E-state index is -0.965. The minimum absolute atomic E-state index is 0.0104. The first-order valence-corrected chi connectivity index (χ1v) is 20.3. The van der Waals surface area contributed by atoms with Gasteiger partial charge in [-0.25, -0.2) is 4.79 Å². The van der Waals surface area contributed by atoms with E-state index in [4.69, 9.17) is 15.2 Å². The van der Waals surface area contributed by atoms with Gasteiger partial charge in [0.15, 0.2) is 6.29 Å². The molecule has 1 aliphatic heterocycles. The van der Waals surface area contributed by atoms with Gasteiger partial charge in [-0.05, 0) is 64.9 Å². The molecule has 1 heterocycles. The third kappa shape index (κ3) is 11.8. The second-order valence-corrected chi connectivity index (χ2v) is 15.1. The van der Waals surface area contributed by atoms with Crippen LogP contribution in [0.2, 0.25) is 0 Å². The maximum absolute atomic E-state index is 12.8. The van der Waals surface area contributed by atoms with Gasteiger partial charge in [0.1, 0.15) is 0 Å². The third-order valence-corrected chi connectivity index (χ3v) is 11.1. The van der Waals surface area contributed by atoms with Gasteiger partial charge < -0.3 is 36.1 Å². The number of carbonyl (C=O) groups is 3. The highest BCUT2D eigenvalue weighted by Gasteiger charge is 2.32. The number of hydrogen-bond acceptors (Lipinski definition) is 8. The zero-order valence-electron chi connectivity index (χ0n) is 31.8. The Balaban J connectivity index is 1.03. The number of thioether (sulfide) groups is 1. The van der Waals surface area contributed by atoms with Crippen molar-refractivity contribution in [1.29, 1.82) is 0 Å². The summed E-state index contributed by atoms with van der Waals surface area (Å²) in [7, 11) is 0. The summed E-state index contributed by atoms with van der Waals surface area (Å²) in [5, 5.41) is 25.2. The summed E-state index contributed by atoms with van der Waals surface area (Å²) in [4.78, 5) is 37.5. The van der Waals surface area contributed by atoms with E-state index >= 15 is 0 Å². The van der Waals surface area contributed by atoms with Crippen molar-refractivity contribution >= 4 is 40.9 Å². The van der Waals surface area contributed by atoms with Gasteiger partial charge in [-0.2, -0.15) is 0 Å². The third-order valence-electron chi connectivity index (χ3n) is 9.94. The molecule has 57 heavy (non-hydrogen) atoms. The van der Waals surface area contributed by atoms with Gasteiger partial charge in [-0.15, -0.1) is 11.8 Å². The number of rotatable bonds is 18. The lowest BCUT2D eigenvalue weighted by atomic mass is 9.97. The van der Waals surface area contributed by atoms with E-state index in [0.717, 1.165) is 59.1 Å². The summed E-state index contributed by atoms with van der Waals surface area (Å²) in [5.74, 6) is -0.501. The van der Waals surface area contributed by atoms with E-state index in [1.165, 1.54) is 11.8 Å². The lowest BCUT2D eigenvalue weighted by Gasteiger charge is -2.36. The predicted octanol–water partition coefficient (Wildman–Crippen LogP) is 9.06. The predicted molar refractivity (Wildman–Crippen MR) is 223 cm³/mol. The number of aliphatic hydroxyl groups excluding tert-OH is 1. The Morgan fingerprint density at radius 3 is 2.14 bits per heavy atom. The van der Waals surface area contributed by atoms with Gasteiger partial charge in [-0.1, -0.05) is 110 Å². The van der Waals surface area contributed by atoms with Crippen LogP contribution in [-0.4, -0.2) is 39.9 Å². The number of aliphatic hydroxyl groups is 1. The molecule has 1 saturated heterocycles. The van der Waals surface area contributed by atoms with E-state index in [9.17, 15) is 24.6 Å². The topological polar surface area (TPSA) is 160 Å². The van der Waals surface area contributed by atoms with Crippen LogP contribution < -0.4 is 16.4 Å². The number of ether oxygens (including phenoxy) is 2. The molecule has 6 rings (SSSR count). The number of nitrogen functional groups attached to an aromatic ring is 1. The molecule has 11 heteroatoms. The van der Waals surface area contributed by atoms with Crippen molar-refractivity contribution in [1.82, 2.24) is 5.32 Å². The molecule has 0 aromatic heterocycles. The number of unbranched alkanes of at least 4 members (excludes halogenated alkanes) is 3. The number of carboxylic acids is 1. The fourth-order valence-corrected chi connectivity index (χ4v) is 7.85. The van der Waals surface area contributed by atoms with Crippen LogP contribution in [0.5, 0.6) is 0 Å². The van der Waals surface area contributed by atoms with Crippen LogP contribution in [0.25, 0.3) is 11.1 Å². The average molecular weight is 788 g/mol. The Morgan fingerprint density at radius 2 is 1.40 bits per heavy atom. The standard InChI is InChI=1S/C46H49N3O7S/c47-39-14-8-9-15-40(39)49-44(52)18-4-2-1-3-17-43(51)48-28-35-11-5-6-12-37(35)32-23-25-34(26-24-32)46-55-36(30-57-42-16-10-7-13-38(42)45(53)54)27-41(56-46)33-21-19-31(29-50)20-22-33/h5-16,19-26,36,41,46,50H,1-4,17-18,27-30,47H2,(H,48,51)(H,49,52)(H,53,54)/t36-,41+,46+/m1/s1. The highest BCUT2D eigenvalue weighted by molar-refractivity contribution is 7.99. The second kappa shape index (κ2) is 20.6. The van der Waals surface area contributed by atoms with Crippen molar-refractivity contribution in [2.45, 2.75) is 81.5 Å². The van der Waals surface area contributed by atoms with E-state index in [1.807, 2.05) is 97.1 Å². The molecule has 296 valence electrons. The minimum Gasteiger partial charge on any atom is -0.478 e. The second-order valence-electron chi connectivity index (χ2n) is 14.1. The number of hydrogen-bond donors (Lipinski definition) is 5. The molecular formula is C46H49N3O7S. The number of carboxylic acid groups (broad SMARTS) is 1. The van der Waals surface area contributed by atoms with Gasteiger partial charge in [0.05, 0.1) is 35.8 Å². The fourth-order valence-electron chi connectivity index (χ4n) is 6.78. The first kappa shape index (κ1) is 41.2. The van der Waals surface area contributed by atoms with Crippen molar-refractivity contribution in [3.63, 3.8) is 0 Å². The summed E-state index contributed by atoms with van der Waals surface area (Å²) in [6, 6.07) is 38.0. The van der Waals surface area contributed by atoms with Gasteiger partial charge in [-0.3, -0.25) is 9.59 Å². The van der Waals surface area contributed by atoms with Crippen molar-refractivity contribution in [3.05, 3.63) is 149 Å². The van der Waals surface area contributed by atoms with Crippen LogP contribution in [0.4, 0.5) is 11.4 Å². The van der Waals surface area contributed by atoms with Crippen molar-refractivity contribution in [2.75, 3.05) is 16.8 Å². The van der Waals surface area contributed by atoms with Crippen molar-refractivity contribution in [2.24, 2.45) is 0 Å². The molecule has 0 bridgehead atoms. The first-order chi connectivity index (χ1) is 27.8. The molecule has 10 nitrogen and oxygen atoms in total. The molecule has 0 unspecified atom stereocenters. The maximum Gasteiger partial charge on any atom is 0.336 e. The monoisotopic (exact) mass is 787 g/mol. The number of carbonyl (C=O) groups excluding carboxylic acids is 2. The Bertz CT molecular complexity index is 2110. The van der Waals surface area contributed by atoms with Gasteiger partial charge in [0.2, 0.25) is 11.8 Å². The number of amides is 2. The molecule has 5 aromatic carbocycles. The van der Waals surface area contributed by atoms with Crippen molar-refractivity contribution < 1.29 is 34.1 Å². The van der Waals surface area contributed by atoms with Crippen LogP contribution in [0.15, 0.2) is 126 Å². The van der Waals surface area contributed by atoms with E-state index < -0.39 is 12.3 Å². The number of para-hydroxylation sites is 2. The van der Waals surface area contributed by atoms with E-state index in [2.05, 4.69) is 10.6 Å². The molecule has 0 saturated carbocycles. The molecule has 5 aromatic rings. The molecule has 1 fully saturated rings. The quantitative estimate of drug-likeness (QED) is 0.0332. The van der Waals surface area contributed by atoms with E-state index in [1.54, 1.807) is 24.3 Å². The van der Waals surface area contributed by atoms with E-state index in [0.29, 0.717) is 47.8 Å². The molecule has 0 spiro atoms. The lowest BCUT2D eigenvalue weighted by molar-refractivity contribution is -0.245. The molecule has 0 radical (unpaired) electrons. The highest BCUT2D eigenvalue weighted by Crippen LogP contribution is 2.40. The van der Waals surface area contributed by atoms with Crippen LogP contribution in [0.3, 0.4) is 0 Å². The Hall–Kier alpha value is -5.46. The van der Waals surface area contributed by atoms with Crippen LogP contribution in [0.1, 0.15) is 90.0 Å². The molecule has 6 N–H and O–H groups in total. The van der Waals surface area contributed by atoms with Crippen LogP contribution in [-0.2, 0) is 32.2 Å². The Kier molecular flexibility index (Phi) is 14.9. The molecule has 0 aliphatic carbocycles. The first-order valence-electron chi connectivity index (χ1n) is 19.3. The van der Waals surface area contributed by atoms with Gasteiger partial charge in [0, 0.05) is 42.0 Å². The number of anilines is 2. The van der Waals surface area contributed by atoms with Crippen LogP contribution in [0, 0.1) is 0 Å². The molecule has 1 aliphatic rings. The van der Waals surface area contributed by atoms with Crippen LogP contribution >= 0.6 is 11.8 Å². The largest absolute Gasteiger partial charge is 0.478 e. The van der Waals surface area contributed by atoms with Crippen molar-refractivity contribution in [3.8, 4) is 11.1 Å². The smallest absolute Gasteiger partial charge is 0.336 e. The molecule has 2 amide bonds. The molecule has 3 atom stereocenters. The summed E-state index contributed by atoms with van der Waals surface area (Å²) < 4.78 is 13.1.